The van der Waals surface area contributed by atoms with Crippen molar-refractivity contribution in [3.63, 3.8) is 0 Å². The predicted octanol–water partition coefficient (Wildman–Crippen LogP) is 4.68. The van der Waals surface area contributed by atoms with Gasteiger partial charge >= 0.3 is 6.09 Å². The molecule has 0 radical (unpaired) electrons. The molecule has 0 saturated heterocycles. The number of hydrogen-bond acceptors (Lipinski definition) is 3. The molecule has 1 aliphatic carbocycles. The lowest BCUT2D eigenvalue weighted by atomic mass is 9.98. The summed E-state index contributed by atoms with van der Waals surface area (Å²) in [7, 11) is 0. The second kappa shape index (κ2) is 7.21. The number of benzene rings is 3. The minimum atomic E-state index is -0.486. The fourth-order valence-electron chi connectivity index (χ4n) is 3.47. The lowest BCUT2D eigenvalue weighted by Gasteiger charge is -2.14. The molecule has 1 aliphatic rings. The summed E-state index contributed by atoms with van der Waals surface area (Å²) in [5.74, 6) is 0.0418. The number of thiocarbonyl (C=S) groups is 1. The topological polar surface area (TPSA) is 64.3 Å². The Morgan fingerprint density at radius 3 is 2.04 bits per heavy atom. The third-order valence-corrected chi connectivity index (χ3v) is 5.00. The van der Waals surface area contributed by atoms with E-state index in [2.05, 4.69) is 29.6 Å². The number of ether oxygens (including phenoxy) is 1. The van der Waals surface area contributed by atoms with Crippen LogP contribution in [0.5, 0.6) is 0 Å². The first-order valence-electron chi connectivity index (χ1n) is 8.65. The largest absolute Gasteiger partial charge is 0.448 e. The molecule has 4 nitrogen and oxygen atoms in total. The van der Waals surface area contributed by atoms with Crippen molar-refractivity contribution >= 4 is 29.0 Å². The number of hydrogen-bond donors (Lipinski definition) is 2. The van der Waals surface area contributed by atoms with Crippen molar-refractivity contribution < 1.29 is 9.53 Å². The molecule has 4 rings (SSSR count). The molecule has 0 unspecified atom stereocenters. The van der Waals surface area contributed by atoms with Gasteiger partial charge in [-0.25, -0.2) is 4.79 Å². The monoisotopic (exact) mass is 374 g/mol. The van der Waals surface area contributed by atoms with E-state index >= 15 is 0 Å². The first kappa shape index (κ1) is 17.2. The molecule has 0 bridgehead atoms. The van der Waals surface area contributed by atoms with E-state index in [9.17, 15) is 4.79 Å². The van der Waals surface area contributed by atoms with Gasteiger partial charge in [0.25, 0.3) is 0 Å². The number of fused-ring (bicyclic) bond motifs is 3. The van der Waals surface area contributed by atoms with Crippen LogP contribution in [0.15, 0.2) is 72.8 Å². The highest BCUT2D eigenvalue weighted by Gasteiger charge is 2.28. The minimum Gasteiger partial charge on any atom is -0.448 e. The molecule has 0 fully saturated rings. The van der Waals surface area contributed by atoms with E-state index in [4.69, 9.17) is 22.7 Å². The molecular weight excluding hydrogens is 356 g/mol. The van der Waals surface area contributed by atoms with Gasteiger partial charge in [-0.3, -0.25) is 5.32 Å². The summed E-state index contributed by atoms with van der Waals surface area (Å²) in [6, 6.07) is 23.5. The van der Waals surface area contributed by atoms with Crippen molar-refractivity contribution in [2.45, 2.75) is 5.92 Å². The fourth-order valence-corrected chi connectivity index (χ4v) is 3.61. The zero-order chi connectivity index (χ0) is 18.8. The van der Waals surface area contributed by atoms with Gasteiger partial charge in [0.05, 0.1) is 0 Å². The summed E-state index contributed by atoms with van der Waals surface area (Å²) in [6.07, 6.45) is -0.486. The Kier molecular flexibility index (Phi) is 4.60. The molecule has 0 atom stereocenters. The van der Waals surface area contributed by atoms with Crippen LogP contribution in [-0.4, -0.2) is 17.7 Å². The van der Waals surface area contributed by atoms with E-state index in [1.165, 1.54) is 22.3 Å². The molecule has 134 valence electrons. The summed E-state index contributed by atoms with van der Waals surface area (Å²) in [6.45, 7) is 0.283. The molecule has 5 heteroatoms. The van der Waals surface area contributed by atoms with Crippen molar-refractivity contribution in [2.24, 2.45) is 5.73 Å². The van der Waals surface area contributed by atoms with Gasteiger partial charge in [0, 0.05) is 17.2 Å². The fraction of sp³-hybridized carbons (Fsp3) is 0.0909. The highest BCUT2D eigenvalue weighted by Crippen LogP contribution is 2.44. The molecule has 0 aromatic heterocycles. The van der Waals surface area contributed by atoms with Crippen LogP contribution in [0.1, 0.15) is 22.6 Å². The number of carbonyl (C=O) groups excluding carboxylic acids is 1. The Balaban J connectivity index is 1.45. The smallest absolute Gasteiger partial charge is 0.411 e. The summed E-state index contributed by atoms with van der Waals surface area (Å²) in [4.78, 5) is 12.6. The van der Waals surface area contributed by atoms with Crippen LogP contribution in [-0.2, 0) is 4.74 Å². The first-order chi connectivity index (χ1) is 13.1. The van der Waals surface area contributed by atoms with E-state index in [-0.39, 0.29) is 12.5 Å². The number of nitrogens with one attached hydrogen (secondary N) is 1. The van der Waals surface area contributed by atoms with Gasteiger partial charge in [-0.1, -0.05) is 60.7 Å². The second-order valence-electron chi connectivity index (χ2n) is 6.39. The van der Waals surface area contributed by atoms with Crippen LogP contribution >= 0.6 is 12.2 Å². The standard InChI is InChI=1S/C22H18N2O2S/c23-21(27)14-9-11-15(12-10-14)24-22(25)26-13-20-18-7-3-1-5-16(18)17-6-2-4-8-19(17)20/h1-12,20H,13H2,(H2,23,27)(H,24,25). The van der Waals surface area contributed by atoms with Crippen LogP contribution < -0.4 is 11.1 Å². The average molecular weight is 374 g/mol. The predicted molar refractivity (Wildman–Crippen MR) is 111 cm³/mol. The number of anilines is 1. The molecule has 27 heavy (non-hydrogen) atoms. The summed E-state index contributed by atoms with van der Waals surface area (Å²) < 4.78 is 5.52. The Bertz CT molecular complexity index is 969. The third-order valence-electron chi connectivity index (χ3n) is 4.76. The van der Waals surface area contributed by atoms with E-state index in [0.29, 0.717) is 10.7 Å². The molecule has 3 aromatic rings. The minimum absolute atomic E-state index is 0.0418. The Morgan fingerprint density at radius 1 is 0.926 bits per heavy atom. The van der Waals surface area contributed by atoms with Crippen molar-refractivity contribution in [3.05, 3.63) is 89.5 Å². The van der Waals surface area contributed by atoms with Crippen LogP contribution in [0.25, 0.3) is 11.1 Å². The lowest BCUT2D eigenvalue weighted by Crippen LogP contribution is -2.18. The second-order valence-corrected chi connectivity index (χ2v) is 6.83. The third kappa shape index (κ3) is 3.41. The van der Waals surface area contributed by atoms with E-state index < -0.39 is 6.09 Å². The molecule has 0 aliphatic heterocycles. The molecular formula is C22H18N2O2S. The van der Waals surface area contributed by atoms with Crippen molar-refractivity contribution in [1.82, 2.24) is 0 Å². The number of amides is 1. The Labute approximate surface area is 163 Å². The summed E-state index contributed by atoms with van der Waals surface area (Å²) in [5, 5.41) is 2.73. The zero-order valence-electron chi connectivity index (χ0n) is 14.5. The van der Waals surface area contributed by atoms with Crippen LogP contribution in [0.3, 0.4) is 0 Å². The number of carbonyl (C=O) groups is 1. The van der Waals surface area contributed by atoms with Crippen molar-refractivity contribution in [2.75, 3.05) is 11.9 Å². The van der Waals surface area contributed by atoms with Gasteiger partial charge in [-0.2, -0.15) is 0 Å². The summed E-state index contributed by atoms with van der Waals surface area (Å²) in [5.41, 5.74) is 11.7. The van der Waals surface area contributed by atoms with E-state index in [1.807, 2.05) is 24.3 Å². The normalized spacial score (nSPS) is 12.1. The van der Waals surface area contributed by atoms with E-state index in [1.54, 1.807) is 24.3 Å². The van der Waals surface area contributed by atoms with Gasteiger partial charge in [-0.05, 0) is 46.5 Å². The molecule has 0 spiro atoms. The molecule has 0 heterocycles. The van der Waals surface area contributed by atoms with Gasteiger partial charge < -0.3 is 10.5 Å². The Hall–Kier alpha value is -3.18. The average Bonchev–Trinajstić information content (AvgIpc) is 3.01. The van der Waals surface area contributed by atoms with Gasteiger partial charge in [-0.15, -0.1) is 0 Å². The van der Waals surface area contributed by atoms with Crippen molar-refractivity contribution in [1.29, 1.82) is 0 Å². The zero-order valence-corrected chi connectivity index (χ0v) is 15.3. The quantitative estimate of drug-likeness (QED) is 0.651. The lowest BCUT2D eigenvalue weighted by molar-refractivity contribution is 0.158. The maximum Gasteiger partial charge on any atom is 0.411 e. The Morgan fingerprint density at radius 2 is 1.48 bits per heavy atom. The maximum atomic E-state index is 12.2. The molecule has 0 saturated carbocycles. The van der Waals surface area contributed by atoms with Crippen LogP contribution in [0.4, 0.5) is 10.5 Å². The van der Waals surface area contributed by atoms with Gasteiger partial charge in [0.15, 0.2) is 0 Å². The highest BCUT2D eigenvalue weighted by atomic mass is 32.1. The maximum absolute atomic E-state index is 12.2. The summed E-state index contributed by atoms with van der Waals surface area (Å²) >= 11 is 4.93. The highest BCUT2D eigenvalue weighted by molar-refractivity contribution is 7.80. The molecule has 1 amide bonds. The van der Waals surface area contributed by atoms with Crippen molar-refractivity contribution in [3.8, 4) is 11.1 Å². The molecule has 3 N–H and O–H groups in total. The first-order valence-corrected chi connectivity index (χ1v) is 9.06. The van der Waals surface area contributed by atoms with Gasteiger partial charge in [0.1, 0.15) is 11.6 Å². The number of nitrogens with two attached hydrogens (primary N) is 1. The SMILES string of the molecule is NC(=S)c1ccc(NC(=O)OCC2c3ccccc3-c3ccccc32)cc1. The van der Waals surface area contributed by atoms with E-state index in [0.717, 1.165) is 5.56 Å². The van der Waals surface area contributed by atoms with Crippen LogP contribution in [0.2, 0.25) is 0 Å². The van der Waals surface area contributed by atoms with Crippen LogP contribution in [0, 0.1) is 0 Å². The number of rotatable bonds is 4. The molecule has 3 aromatic carbocycles. The van der Waals surface area contributed by atoms with Gasteiger partial charge in [0.2, 0.25) is 0 Å².